The van der Waals surface area contributed by atoms with Gasteiger partial charge in [-0.3, -0.25) is 14.4 Å². The van der Waals surface area contributed by atoms with Crippen molar-refractivity contribution in [2.75, 3.05) is 13.7 Å². The lowest BCUT2D eigenvalue weighted by molar-refractivity contribution is -0.141. The minimum Gasteiger partial charge on any atom is -0.497 e. The topological polar surface area (TPSA) is 113 Å². The molecule has 1 fully saturated rings. The third kappa shape index (κ3) is 5.85. The van der Waals surface area contributed by atoms with Gasteiger partial charge in [0, 0.05) is 25.6 Å². The molecule has 9 nitrogen and oxygen atoms in total. The van der Waals surface area contributed by atoms with Gasteiger partial charge in [0.15, 0.2) is 0 Å². The number of hydrogen-bond donors (Lipinski definition) is 1. The summed E-state index contributed by atoms with van der Waals surface area (Å²) >= 11 is 0. The molecule has 4 rings (SSSR count). The first-order chi connectivity index (χ1) is 18.3. The Hall–Kier alpha value is -3.40. The molecular formula is C28H35N3O6S. The van der Waals surface area contributed by atoms with Crippen LogP contribution < -0.4 is 10.1 Å². The summed E-state index contributed by atoms with van der Waals surface area (Å²) < 4.78 is 31.9. The normalized spacial score (nSPS) is 17.2. The molecule has 2 aliphatic rings. The predicted octanol–water partition coefficient (Wildman–Crippen LogP) is 3.49. The third-order valence-corrected chi connectivity index (χ3v) is 9.08. The zero-order valence-electron chi connectivity index (χ0n) is 21.9. The maximum absolute atomic E-state index is 13.5. The van der Waals surface area contributed by atoms with Crippen LogP contribution in [0.3, 0.4) is 0 Å². The van der Waals surface area contributed by atoms with Crippen LogP contribution in [0.5, 0.6) is 5.75 Å². The highest BCUT2D eigenvalue weighted by Crippen LogP contribution is 2.30. The molecule has 2 aromatic carbocycles. The number of nitrogens with one attached hydrogen (secondary N) is 1. The Kier molecular flexibility index (Phi) is 8.71. The fourth-order valence-corrected chi connectivity index (χ4v) is 6.83. The Morgan fingerprint density at radius 3 is 2.55 bits per heavy atom. The Morgan fingerprint density at radius 1 is 1.13 bits per heavy atom. The Morgan fingerprint density at radius 2 is 1.87 bits per heavy atom. The van der Waals surface area contributed by atoms with Crippen molar-refractivity contribution in [3.63, 3.8) is 0 Å². The van der Waals surface area contributed by atoms with Crippen molar-refractivity contribution in [3.05, 3.63) is 59.7 Å². The van der Waals surface area contributed by atoms with Gasteiger partial charge in [0.1, 0.15) is 16.7 Å². The van der Waals surface area contributed by atoms with E-state index in [-0.39, 0.29) is 54.2 Å². The molecule has 1 N–H and O–H groups in total. The Bertz CT molecular complexity index is 1290. The molecule has 38 heavy (non-hydrogen) atoms. The van der Waals surface area contributed by atoms with E-state index >= 15 is 0 Å². The third-order valence-electron chi connectivity index (χ3n) is 7.24. The van der Waals surface area contributed by atoms with E-state index in [0.29, 0.717) is 12.2 Å². The first kappa shape index (κ1) is 27.6. The lowest BCUT2D eigenvalue weighted by atomic mass is 10.1. The van der Waals surface area contributed by atoms with Gasteiger partial charge in [0.05, 0.1) is 12.7 Å². The quantitative estimate of drug-likeness (QED) is 0.466. The summed E-state index contributed by atoms with van der Waals surface area (Å²) in [4.78, 5) is 41.1. The number of nitrogens with zero attached hydrogens (tertiary/aromatic N) is 2. The number of ether oxygens (including phenoxy) is 1. The van der Waals surface area contributed by atoms with E-state index in [9.17, 15) is 22.8 Å². The van der Waals surface area contributed by atoms with E-state index in [4.69, 9.17) is 4.74 Å². The molecule has 0 unspecified atom stereocenters. The van der Waals surface area contributed by atoms with Crippen LogP contribution in [0.15, 0.2) is 53.4 Å². The maximum Gasteiger partial charge on any atom is 0.269 e. The summed E-state index contributed by atoms with van der Waals surface area (Å²) in [5.41, 5.74) is 0.964. The predicted molar refractivity (Wildman–Crippen MR) is 142 cm³/mol. The van der Waals surface area contributed by atoms with Crippen LogP contribution >= 0.6 is 0 Å². The second-order valence-corrected chi connectivity index (χ2v) is 11.6. The van der Waals surface area contributed by atoms with E-state index in [1.807, 2.05) is 31.2 Å². The van der Waals surface area contributed by atoms with Crippen molar-refractivity contribution < 1.29 is 27.5 Å². The molecule has 10 heteroatoms. The number of carbonyl (C=O) groups is 3. The van der Waals surface area contributed by atoms with Gasteiger partial charge >= 0.3 is 0 Å². The molecule has 1 aliphatic carbocycles. The van der Waals surface area contributed by atoms with Crippen LogP contribution in [-0.2, 0) is 26.2 Å². The molecule has 0 radical (unpaired) electrons. The van der Waals surface area contributed by atoms with E-state index in [1.165, 1.54) is 12.1 Å². The van der Waals surface area contributed by atoms with Gasteiger partial charge in [-0.25, -0.2) is 12.7 Å². The van der Waals surface area contributed by atoms with Gasteiger partial charge in [-0.15, -0.1) is 0 Å². The largest absolute Gasteiger partial charge is 0.497 e. The highest BCUT2D eigenvalue weighted by molar-refractivity contribution is 7.90. The fraction of sp³-hybridized carbons (Fsp3) is 0.464. The number of hydrogen-bond acceptors (Lipinski definition) is 6. The van der Waals surface area contributed by atoms with E-state index in [1.54, 1.807) is 24.1 Å². The minimum absolute atomic E-state index is 0.00712. The smallest absolute Gasteiger partial charge is 0.269 e. The summed E-state index contributed by atoms with van der Waals surface area (Å²) in [6, 6.07) is 12.9. The number of rotatable bonds is 11. The number of carbonyl (C=O) groups excluding carboxylic acids is 3. The molecule has 1 aliphatic heterocycles. The zero-order valence-corrected chi connectivity index (χ0v) is 22.7. The summed E-state index contributed by atoms with van der Waals surface area (Å²) in [6.07, 6.45) is 4.61. The van der Waals surface area contributed by atoms with Crippen LogP contribution in [0.25, 0.3) is 0 Å². The Balaban J connectivity index is 1.48. The van der Waals surface area contributed by atoms with Crippen LogP contribution in [0, 0.1) is 0 Å². The number of sulfonamides is 1. The van der Waals surface area contributed by atoms with Gasteiger partial charge in [-0.05, 0) is 55.5 Å². The van der Waals surface area contributed by atoms with E-state index in [0.717, 1.165) is 35.6 Å². The average molecular weight is 542 g/mol. The SMILES string of the molecule is CC[C@H](C(=O)NC1CCCC1)N(Cc1cccc(OC)c1)C(=O)CCCN1C(=O)c2ccccc2S1(=O)=O. The number of benzene rings is 2. The first-order valence-corrected chi connectivity index (χ1v) is 14.6. The number of amides is 3. The Labute approximate surface area is 224 Å². The van der Waals surface area contributed by atoms with Gasteiger partial charge in [-0.1, -0.05) is 44.0 Å². The summed E-state index contributed by atoms with van der Waals surface area (Å²) in [7, 11) is -2.37. The highest BCUT2D eigenvalue weighted by atomic mass is 32.2. The van der Waals surface area contributed by atoms with Gasteiger partial charge in [0.25, 0.3) is 15.9 Å². The summed E-state index contributed by atoms with van der Waals surface area (Å²) in [6.45, 7) is 1.97. The molecule has 0 bridgehead atoms. The van der Waals surface area contributed by atoms with Crippen molar-refractivity contribution >= 4 is 27.7 Å². The molecule has 204 valence electrons. The molecule has 1 saturated carbocycles. The van der Waals surface area contributed by atoms with Crippen molar-refractivity contribution in [2.24, 2.45) is 0 Å². The first-order valence-electron chi connectivity index (χ1n) is 13.1. The van der Waals surface area contributed by atoms with E-state index < -0.39 is 22.0 Å². The molecule has 0 saturated heterocycles. The number of fused-ring (bicyclic) bond motifs is 1. The number of methoxy groups -OCH3 is 1. The van der Waals surface area contributed by atoms with Gasteiger partial charge < -0.3 is 15.0 Å². The lowest BCUT2D eigenvalue weighted by Gasteiger charge is -2.32. The minimum atomic E-state index is -3.94. The molecule has 0 aromatic heterocycles. The highest BCUT2D eigenvalue weighted by Gasteiger charge is 2.40. The summed E-state index contributed by atoms with van der Waals surface area (Å²) in [5, 5.41) is 3.11. The lowest BCUT2D eigenvalue weighted by Crippen LogP contribution is -2.51. The fourth-order valence-electron chi connectivity index (χ4n) is 5.22. The maximum atomic E-state index is 13.5. The van der Waals surface area contributed by atoms with Crippen LogP contribution in [-0.4, -0.2) is 61.1 Å². The molecular weight excluding hydrogens is 506 g/mol. The monoisotopic (exact) mass is 541 g/mol. The second kappa shape index (κ2) is 12.0. The van der Waals surface area contributed by atoms with Crippen LogP contribution in [0.4, 0.5) is 0 Å². The van der Waals surface area contributed by atoms with Crippen LogP contribution in [0.1, 0.15) is 67.8 Å². The molecule has 1 atom stereocenters. The average Bonchev–Trinajstić information content (AvgIpc) is 3.49. The van der Waals surface area contributed by atoms with Crippen molar-refractivity contribution in [1.82, 2.24) is 14.5 Å². The van der Waals surface area contributed by atoms with Crippen molar-refractivity contribution in [1.29, 1.82) is 0 Å². The molecule has 1 heterocycles. The molecule has 2 aromatic rings. The summed E-state index contributed by atoms with van der Waals surface area (Å²) in [5.74, 6) is -0.384. The van der Waals surface area contributed by atoms with Crippen molar-refractivity contribution in [3.8, 4) is 5.75 Å². The van der Waals surface area contributed by atoms with Crippen molar-refractivity contribution in [2.45, 2.75) is 75.4 Å². The standard InChI is InChI=1S/C28H35N3O6S/c1-3-24(27(33)29-21-11-4-5-12-21)30(19-20-10-8-13-22(18-20)37-2)26(32)16-9-17-31-28(34)23-14-6-7-15-25(23)38(31,35)36/h6-8,10,13-15,18,21,24H,3-5,9,11-12,16-17,19H2,1-2H3,(H,29,33)/t24-/m1/s1. The van der Waals surface area contributed by atoms with Gasteiger partial charge in [0.2, 0.25) is 11.8 Å². The van der Waals surface area contributed by atoms with E-state index in [2.05, 4.69) is 5.32 Å². The van der Waals surface area contributed by atoms with Gasteiger partial charge in [-0.2, -0.15) is 0 Å². The molecule has 3 amide bonds. The zero-order chi connectivity index (χ0) is 27.3. The second-order valence-electron chi connectivity index (χ2n) is 9.77. The molecule has 0 spiro atoms. The van der Waals surface area contributed by atoms with Crippen LogP contribution in [0.2, 0.25) is 0 Å².